The molecule has 2 atom stereocenters. The molecule has 10 nitrogen and oxygen atoms in total. The molecule has 0 saturated carbocycles. The monoisotopic (exact) mass is 672 g/mol. The molecule has 2 N–H and O–H groups in total. The third-order valence-electron chi connectivity index (χ3n) is 9.55. The first-order valence-corrected chi connectivity index (χ1v) is 18.6. The molecule has 3 aromatic rings. The number of Topliss-reactive ketones (excluding diaryl/α,β-unsaturated/α-hetero) is 1. The van der Waals surface area contributed by atoms with Crippen LogP contribution in [-0.2, 0) is 16.0 Å². The van der Waals surface area contributed by atoms with E-state index in [-0.39, 0.29) is 29.9 Å². The highest BCUT2D eigenvalue weighted by atomic mass is 32.2. The van der Waals surface area contributed by atoms with Crippen LogP contribution in [0.15, 0.2) is 47.6 Å². The molecule has 2 aliphatic rings. The summed E-state index contributed by atoms with van der Waals surface area (Å²) in [5.74, 6) is -1.27. The van der Waals surface area contributed by atoms with Crippen LogP contribution in [0.5, 0.6) is 0 Å². The molecule has 1 fully saturated rings. The van der Waals surface area contributed by atoms with Crippen LogP contribution in [0.25, 0.3) is 5.69 Å². The number of carbonyl (C=O) groups excluding carboxylic acids is 4. The Labute approximate surface area is 287 Å². The van der Waals surface area contributed by atoms with Gasteiger partial charge in [0.25, 0.3) is 0 Å². The van der Waals surface area contributed by atoms with Crippen molar-refractivity contribution in [1.82, 2.24) is 20.2 Å². The van der Waals surface area contributed by atoms with Crippen molar-refractivity contribution in [3.63, 3.8) is 0 Å². The lowest BCUT2D eigenvalue weighted by Crippen LogP contribution is -2.30. The second-order valence-electron chi connectivity index (χ2n) is 13.2. The topological polar surface area (TPSA) is 141 Å². The fourth-order valence-electron chi connectivity index (χ4n) is 6.76. The summed E-state index contributed by atoms with van der Waals surface area (Å²) in [6, 6.07) is 11.9. The Morgan fingerprint density at radius 1 is 0.812 bits per heavy atom. The predicted octanol–water partition coefficient (Wildman–Crippen LogP) is 7.41. The van der Waals surface area contributed by atoms with Gasteiger partial charge < -0.3 is 5.73 Å². The van der Waals surface area contributed by atoms with E-state index in [1.54, 1.807) is 36.4 Å². The predicted molar refractivity (Wildman–Crippen MR) is 187 cm³/mol. The molecule has 1 aromatic heterocycles. The van der Waals surface area contributed by atoms with Crippen molar-refractivity contribution in [2.45, 2.75) is 126 Å². The van der Waals surface area contributed by atoms with Gasteiger partial charge in [-0.05, 0) is 65.2 Å². The van der Waals surface area contributed by atoms with Crippen LogP contribution >= 0.6 is 11.8 Å². The maximum absolute atomic E-state index is 13.5. The highest BCUT2D eigenvalue weighted by molar-refractivity contribution is 8.00. The van der Waals surface area contributed by atoms with E-state index in [1.807, 2.05) is 6.07 Å². The molecule has 1 aliphatic heterocycles. The number of thioether (sulfide) groups is 1. The summed E-state index contributed by atoms with van der Waals surface area (Å²) in [5.41, 5.74) is 8.19. The molecule has 1 aliphatic carbocycles. The minimum atomic E-state index is -0.528. The van der Waals surface area contributed by atoms with Gasteiger partial charge in [-0.1, -0.05) is 115 Å². The standard InChI is InChI=1S/C37H48N6O4S/c1-2-3-4-5-6-7-8-9-10-11-12-13-14-15-16-28-24-33(44)42(36(28)47)30-22-19-27-23-32(34(45)31(27)25-30)48-37-39-40-41-43(37)29-20-17-26(18-21-29)35(38)46/h17-22,25,28,32H,2-16,23-24H2,1H3,(H2,38,46). The maximum Gasteiger partial charge on any atom is 0.248 e. The van der Waals surface area contributed by atoms with Crippen LogP contribution in [0.1, 0.15) is 136 Å². The average molecular weight is 673 g/mol. The van der Waals surface area contributed by atoms with Crippen LogP contribution in [0.3, 0.4) is 0 Å². The summed E-state index contributed by atoms with van der Waals surface area (Å²) >= 11 is 1.26. The molecule has 48 heavy (non-hydrogen) atoms. The van der Waals surface area contributed by atoms with Crippen molar-refractivity contribution in [1.29, 1.82) is 0 Å². The quantitative estimate of drug-likeness (QED) is 0.0966. The summed E-state index contributed by atoms with van der Waals surface area (Å²) in [5, 5.41) is 11.9. The minimum Gasteiger partial charge on any atom is -0.366 e. The summed E-state index contributed by atoms with van der Waals surface area (Å²) in [4.78, 5) is 52.5. The normalized spacial score (nSPS) is 17.4. The number of ketones is 1. The van der Waals surface area contributed by atoms with E-state index in [0.717, 1.165) is 24.8 Å². The highest BCUT2D eigenvalue weighted by Gasteiger charge is 2.40. The van der Waals surface area contributed by atoms with Gasteiger partial charge in [0.1, 0.15) is 0 Å². The molecule has 3 amide bonds. The number of imide groups is 1. The van der Waals surface area contributed by atoms with Gasteiger partial charge in [0.2, 0.25) is 22.9 Å². The second-order valence-corrected chi connectivity index (χ2v) is 14.3. The number of carbonyl (C=O) groups is 4. The van der Waals surface area contributed by atoms with E-state index in [0.29, 0.717) is 34.1 Å². The van der Waals surface area contributed by atoms with Crippen LogP contribution < -0.4 is 10.6 Å². The number of hydrogen-bond acceptors (Lipinski definition) is 8. The Kier molecular flexibility index (Phi) is 12.9. The lowest BCUT2D eigenvalue weighted by atomic mass is 9.98. The van der Waals surface area contributed by atoms with Crippen molar-refractivity contribution >= 4 is 41.0 Å². The van der Waals surface area contributed by atoms with Crippen molar-refractivity contribution in [2.75, 3.05) is 4.90 Å². The summed E-state index contributed by atoms with van der Waals surface area (Å²) in [7, 11) is 0. The number of tetrazole rings is 1. The molecule has 0 radical (unpaired) electrons. The molecule has 0 bridgehead atoms. The van der Waals surface area contributed by atoms with Gasteiger partial charge in [0.05, 0.1) is 16.6 Å². The van der Waals surface area contributed by atoms with Crippen molar-refractivity contribution < 1.29 is 19.2 Å². The maximum atomic E-state index is 13.5. The number of nitrogens with zero attached hydrogens (tertiary/aromatic N) is 5. The van der Waals surface area contributed by atoms with Crippen LogP contribution in [0.4, 0.5) is 5.69 Å². The zero-order valence-electron chi connectivity index (χ0n) is 28.1. The number of anilines is 1. The molecule has 256 valence electrons. The lowest BCUT2D eigenvalue weighted by Gasteiger charge is -2.16. The Balaban J connectivity index is 1.06. The Hall–Kier alpha value is -3.86. The fraction of sp³-hybridized carbons (Fsp3) is 0.541. The number of nitrogens with two attached hydrogens (primary N) is 1. The lowest BCUT2D eigenvalue weighted by molar-refractivity contribution is -0.122. The highest BCUT2D eigenvalue weighted by Crippen LogP contribution is 2.37. The van der Waals surface area contributed by atoms with Crippen molar-refractivity contribution in [3.05, 3.63) is 59.2 Å². The van der Waals surface area contributed by atoms with Gasteiger partial charge in [-0.25, -0.2) is 0 Å². The van der Waals surface area contributed by atoms with Gasteiger partial charge in [-0.2, -0.15) is 4.68 Å². The summed E-state index contributed by atoms with van der Waals surface area (Å²) < 4.78 is 1.51. The number of rotatable bonds is 20. The molecule has 2 heterocycles. The minimum absolute atomic E-state index is 0.0893. The molecule has 2 aromatic carbocycles. The largest absolute Gasteiger partial charge is 0.366 e. The second kappa shape index (κ2) is 17.5. The molecular formula is C37H48N6O4S. The molecule has 11 heteroatoms. The van der Waals surface area contributed by atoms with Crippen molar-refractivity contribution in [3.8, 4) is 5.69 Å². The molecule has 1 saturated heterocycles. The first-order valence-electron chi connectivity index (χ1n) is 17.8. The number of benzene rings is 2. The molecule has 0 spiro atoms. The van der Waals surface area contributed by atoms with E-state index in [1.165, 1.54) is 98.4 Å². The van der Waals surface area contributed by atoms with Gasteiger partial charge in [-0.15, -0.1) is 5.10 Å². The van der Waals surface area contributed by atoms with E-state index >= 15 is 0 Å². The third kappa shape index (κ3) is 8.98. The number of amides is 3. The molecular weight excluding hydrogens is 625 g/mol. The summed E-state index contributed by atoms with van der Waals surface area (Å²) in [6.07, 6.45) is 19.4. The fourth-order valence-corrected chi connectivity index (χ4v) is 7.83. The Bertz CT molecular complexity index is 1570. The van der Waals surface area contributed by atoms with Gasteiger partial charge in [-0.3, -0.25) is 24.1 Å². The number of aromatic nitrogens is 4. The molecule has 5 rings (SSSR count). The smallest absolute Gasteiger partial charge is 0.248 e. The average Bonchev–Trinajstić information content (AvgIpc) is 3.76. The number of fused-ring (bicyclic) bond motifs is 1. The van der Waals surface area contributed by atoms with Gasteiger partial charge in [0, 0.05) is 23.5 Å². The van der Waals surface area contributed by atoms with Crippen LogP contribution in [-0.4, -0.2) is 49.0 Å². The number of unbranched alkanes of at least 4 members (excludes halogenated alkanes) is 13. The SMILES string of the molecule is CCCCCCCCCCCCCCCCC1CC(=O)N(c2ccc3c(c2)C(=O)C(Sc2nnnn2-c2ccc(C(N)=O)cc2)C3)C1=O. The Morgan fingerprint density at radius 3 is 2.04 bits per heavy atom. The Morgan fingerprint density at radius 2 is 1.42 bits per heavy atom. The first-order chi connectivity index (χ1) is 23.4. The van der Waals surface area contributed by atoms with E-state index < -0.39 is 11.2 Å². The van der Waals surface area contributed by atoms with Crippen LogP contribution in [0.2, 0.25) is 0 Å². The number of hydrogen-bond donors (Lipinski definition) is 1. The first kappa shape index (κ1) is 35.4. The molecule has 2 unspecified atom stereocenters. The summed E-state index contributed by atoms with van der Waals surface area (Å²) in [6.45, 7) is 2.26. The van der Waals surface area contributed by atoms with E-state index in [2.05, 4.69) is 22.4 Å². The van der Waals surface area contributed by atoms with Gasteiger partial charge >= 0.3 is 0 Å². The van der Waals surface area contributed by atoms with Gasteiger partial charge in [0.15, 0.2) is 5.78 Å². The number of primary amides is 1. The zero-order valence-corrected chi connectivity index (χ0v) is 28.9. The van der Waals surface area contributed by atoms with Crippen LogP contribution in [0, 0.1) is 5.92 Å². The third-order valence-corrected chi connectivity index (χ3v) is 10.7. The van der Waals surface area contributed by atoms with E-state index in [4.69, 9.17) is 5.73 Å². The van der Waals surface area contributed by atoms with Crippen molar-refractivity contribution in [2.24, 2.45) is 11.7 Å². The van der Waals surface area contributed by atoms with E-state index in [9.17, 15) is 19.2 Å². The zero-order chi connectivity index (χ0) is 33.9.